The van der Waals surface area contributed by atoms with Crippen LogP contribution >= 0.6 is 0 Å². The van der Waals surface area contributed by atoms with Crippen LogP contribution in [0.3, 0.4) is 0 Å². The molecule has 100 valence electrons. The van der Waals surface area contributed by atoms with Gasteiger partial charge in [-0.1, -0.05) is 25.7 Å². The first kappa shape index (κ1) is 13.1. The molecule has 0 spiro atoms. The molecule has 0 aromatic carbocycles. The van der Waals surface area contributed by atoms with Crippen molar-refractivity contribution in [3.8, 4) is 0 Å². The van der Waals surface area contributed by atoms with E-state index in [9.17, 15) is 4.79 Å². The molecule has 0 bridgehead atoms. The van der Waals surface area contributed by atoms with E-state index in [1.807, 2.05) is 6.92 Å². The zero-order chi connectivity index (χ0) is 13.0. The number of carbonyl (C=O) groups is 1. The fourth-order valence-electron chi connectivity index (χ4n) is 2.57. The minimum Gasteiger partial charge on any atom is -0.432 e. The van der Waals surface area contributed by atoms with Crippen LogP contribution in [0.25, 0.3) is 0 Å². The zero-order valence-electron chi connectivity index (χ0n) is 10.9. The summed E-state index contributed by atoms with van der Waals surface area (Å²) in [5.74, 6) is -0.0475. The molecule has 1 aliphatic rings. The zero-order valence-corrected chi connectivity index (χ0v) is 10.9. The van der Waals surface area contributed by atoms with Crippen molar-refractivity contribution in [1.82, 2.24) is 4.98 Å². The number of hydrogen-bond acceptors (Lipinski definition) is 4. The molecule has 1 saturated carbocycles. The van der Waals surface area contributed by atoms with E-state index in [1.165, 1.54) is 19.1 Å². The maximum absolute atomic E-state index is 12.4. The molecule has 0 radical (unpaired) electrons. The van der Waals surface area contributed by atoms with Gasteiger partial charge >= 0.3 is 6.01 Å². The highest BCUT2D eigenvalue weighted by molar-refractivity contribution is 5.93. The van der Waals surface area contributed by atoms with Gasteiger partial charge in [-0.25, -0.2) is 0 Å². The molecular formula is C13H21N3O2. The lowest BCUT2D eigenvalue weighted by atomic mass is 9.79. The normalized spacial score (nSPS) is 19.2. The van der Waals surface area contributed by atoms with Gasteiger partial charge in [0.05, 0.1) is 11.1 Å². The molecule has 0 aliphatic heterocycles. The van der Waals surface area contributed by atoms with Crippen molar-refractivity contribution in [2.75, 3.05) is 11.9 Å². The largest absolute Gasteiger partial charge is 0.432 e. The van der Waals surface area contributed by atoms with Crippen LogP contribution in [0.2, 0.25) is 0 Å². The maximum Gasteiger partial charge on any atom is 0.301 e. The summed E-state index contributed by atoms with van der Waals surface area (Å²) in [7, 11) is 0. The van der Waals surface area contributed by atoms with Crippen LogP contribution in [0.1, 0.15) is 44.2 Å². The summed E-state index contributed by atoms with van der Waals surface area (Å²) >= 11 is 0. The third-order valence-electron chi connectivity index (χ3n) is 3.77. The van der Waals surface area contributed by atoms with Gasteiger partial charge in [0.1, 0.15) is 6.26 Å². The Morgan fingerprint density at radius 1 is 1.44 bits per heavy atom. The second kappa shape index (κ2) is 5.52. The van der Waals surface area contributed by atoms with E-state index < -0.39 is 5.41 Å². The molecule has 1 aromatic rings. The highest BCUT2D eigenvalue weighted by Crippen LogP contribution is 2.35. The van der Waals surface area contributed by atoms with Gasteiger partial charge < -0.3 is 10.2 Å². The van der Waals surface area contributed by atoms with E-state index in [1.54, 1.807) is 0 Å². The van der Waals surface area contributed by atoms with Crippen LogP contribution in [0.15, 0.2) is 10.7 Å². The van der Waals surface area contributed by atoms with E-state index in [-0.39, 0.29) is 11.9 Å². The molecule has 1 amide bonds. The summed E-state index contributed by atoms with van der Waals surface area (Å²) in [5.41, 5.74) is 6.17. The van der Waals surface area contributed by atoms with Crippen molar-refractivity contribution in [1.29, 1.82) is 0 Å². The van der Waals surface area contributed by atoms with Gasteiger partial charge in [-0.3, -0.25) is 10.1 Å². The average Bonchev–Trinajstić information content (AvgIpc) is 2.65. The number of nitrogens with two attached hydrogens (primary N) is 1. The predicted molar refractivity (Wildman–Crippen MR) is 69.1 cm³/mol. The first-order valence-electron chi connectivity index (χ1n) is 6.60. The molecule has 0 atom stereocenters. The first-order valence-corrected chi connectivity index (χ1v) is 6.60. The lowest BCUT2D eigenvalue weighted by molar-refractivity contribution is -0.126. The molecule has 1 fully saturated rings. The summed E-state index contributed by atoms with van der Waals surface area (Å²) in [5, 5.41) is 2.76. The number of oxazole rings is 1. The number of carbonyl (C=O) groups excluding carboxylic acids is 1. The monoisotopic (exact) mass is 251 g/mol. The Morgan fingerprint density at radius 2 is 2.11 bits per heavy atom. The molecule has 3 N–H and O–H groups in total. The second-order valence-corrected chi connectivity index (χ2v) is 5.15. The molecule has 0 unspecified atom stereocenters. The third kappa shape index (κ3) is 2.72. The molecule has 5 heteroatoms. The fraction of sp³-hybridized carbons (Fsp3) is 0.692. The molecule has 5 nitrogen and oxygen atoms in total. The quantitative estimate of drug-likeness (QED) is 0.807. The minimum absolute atomic E-state index is 0.0475. The highest BCUT2D eigenvalue weighted by Gasteiger charge is 2.37. The molecule has 18 heavy (non-hydrogen) atoms. The summed E-state index contributed by atoms with van der Waals surface area (Å²) in [6.07, 6.45) is 7.74. The Balaban J connectivity index is 2.08. The lowest BCUT2D eigenvalue weighted by Gasteiger charge is -2.28. The van der Waals surface area contributed by atoms with E-state index in [0.717, 1.165) is 31.4 Å². The number of rotatable bonds is 3. The van der Waals surface area contributed by atoms with Crippen LogP contribution in [0, 0.1) is 12.3 Å². The number of aryl methyl sites for hydroxylation is 1. The van der Waals surface area contributed by atoms with Gasteiger partial charge in [-0.2, -0.15) is 4.98 Å². The topological polar surface area (TPSA) is 81.2 Å². The highest BCUT2D eigenvalue weighted by atomic mass is 16.4. The van der Waals surface area contributed by atoms with E-state index in [4.69, 9.17) is 10.2 Å². The first-order chi connectivity index (χ1) is 8.66. The number of nitrogens with one attached hydrogen (secondary N) is 1. The Morgan fingerprint density at radius 3 is 2.61 bits per heavy atom. The van der Waals surface area contributed by atoms with Crippen LogP contribution in [-0.2, 0) is 4.79 Å². The Bertz CT molecular complexity index is 406. The summed E-state index contributed by atoms with van der Waals surface area (Å²) < 4.78 is 5.16. The molecule has 1 aliphatic carbocycles. The van der Waals surface area contributed by atoms with Crippen molar-refractivity contribution in [3.05, 3.63) is 12.0 Å². The number of amides is 1. The third-order valence-corrected chi connectivity index (χ3v) is 3.77. The summed E-state index contributed by atoms with van der Waals surface area (Å²) in [6, 6.07) is 0.273. The van der Waals surface area contributed by atoms with Crippen molar-refractivity contribution < 1.29 is 9.21 Å². The average molecular weight is 251 g/mol. The molecular weight excluding hydrogens is 230 g/mol. The fourth-order valence-corrected chi connectivity index (χ4v) is 2.57. The van der Waals surface area contributed by atoms with Gasteiger partial charge in [-0.15, -0.1) is 0 Å². The molecule has 2 rings (SSSR count). The van der Waals surface area contributed by atoms with Crippen LogP contribution in [-0.4, -0.2) is 17.4 Å². The van der Waals surface area contributed by atoms with E-state index >= 15 is 0 Å². The molecule has 1 heterocycles. The van der Waals surface area contributed by atoms with Crippen LogP contribution in [0.5, 0.6) is 0 Å². The van der Waals surface area contributed by atoms with Crippen LogP contribution < -0.4 is 11.1 Å². The Kier molecular flexibility index (Phi) is 4.01. The number of anilines is 1. The van der Waals surface area contributed by atoms with E-state index in [0.29, 0.717) is 6.54 Å². The maximum atomic E-state index is 12.4. The van der Waals surface area contributed by atoms with Gasteiger partial charge in [0, 0.05) is 6.54 Å². The second-order valence-electron chi connectivity index (χ2n) is 5.15. The summed E-state index contributed by atoms with van der Waals surface area (Å²) in [6.45, 7) is 2.21. The lowest BCUT2D eigenvalue weighted by Crippen LogP contribution is -2.42. The van der Waals surface area contributed by atoms with Crippen molar-refractivity contribution in [2.45, 2.75) is 45.4 Å². The Labute approximate surface area is 107 Å². The van der Waals surface area contributed by atoms with Crippen molar-refractivity contribution >= 4 is 11.9 Å². The predicted octanol–water partition coefficient (Wildman–Crippen LogP) is 2.22. The van der Waals surface area contributed by atoms with E-state index in [2.05, 4.69) is 10.3 Å². The number of nitrogens with zero attached hydrogens (tertiary/aromatic N) is 1. The van der Waals surface area contributed by atoms with Gasteiger partial charge in [0.2, 0.25) is 5.91 Å². The smallest absolute Gasteiger partial charge is 0.301 e. The standard InChI is InChI=1S/C13H21N3O2/c1-10-8-18-12(15-10)16-11(17)13(9-14)6-4-2-3-5-7-13/h8H,2-7,9,14H2,1H3,(H,15,16,17). The van der Waals surface area contributed by atoms with Gasteiger partial charge in [0.25, 0.3) is 0 Å². The van der Waals surface area contributed by atoms with Crippen molar-refractivity contribution in [2.24, 2.45) is 11.1 Å². The Hall–Kier alpha value is -1.36. The van der Waals surface area contributed by atoms with Gasteiger partial charge in [0.15, 0.2) is 0 Å². The van der Waals surface area contributed by atoms with Gasteiger partial charge in [-0.05, 0) is 19.8 Å². The number of hydrogen-bond donors (Lipinski definition) is 2. The SMILES string of the molecule is Cc1coc(NC(=O)C2(CN)CCCCCC2)n1. The van der Waals surface area contributed by atoms with Crippen LogP contribution in [0.4, 0.5) is 6.01 Å². The molecule has 0 saturated heterocycles. The molecule has 1 aromatic heterocycles. The minimum atomic E-state index is -0.446. The number of aromatic nitrogens is 1. The summed E-state index contributed by atoms with van der Waals surface area (Å²) in [4.78, 5) is 16.5. The van der Waals surface area contributed by atoms with Crippen molar-refractivity contribution in [3.63, 3.8) is 0 Å².